The van der Waals surface area contributed by atoms with Crippen molar-refractivity contribution in [3.8, 4) is 0 Å². The van der Waals surface area contributed by atoms with Crippen molar-refractivity contribution >= 4 is 10.9 Å². The highest BCUT2D eigenvalue weighted by Crippen LogP contribution is 2.35. The van der Waals surface area contributed by atoms with Gasteiger partial charge in [-0.05, 0) is 18.6 Å². The van der Waals surface area contributed by atoms with Crippen LogP contribution in [0, 0.1) is 6.92 Å². The topological polar surface area (TPSA) is 38.0 Å². The lowest BCUT2D eigenvalue weighted by atomic mass is 10.1. The zero-order valence-corrected chi connectivity index (χ0v) is 9.12. The first-order chi connectivity index (χ1) is 7.95. The molecule has 2 heterocycles. The molecule has 0 saturated heterocycles. The second kappa shape index (κ2) is 4.03. The first-order valence-electron chi connectivity index (χ1n) is 5.07. The van der Waals surface area contributed by atoms with Gasteiger partial charge in [0.15, 0.2) is 5.69 Å². The van der Waals surface area contributed by atoms with E-state index in [9.17, 15) is 13.2 Å². The Labute approximate surface area is 95.5 Å². The highest BCUT2D eigenvalue weighted by atomic mass is 19.4. The number of nitrogens with zero attached hydrogens (tertiary/aromatic N) is 2. The fraction of sp³-hybridized carbons (Fsp3) is 0.364. The molecule has 0 aliphatic rings. The summed E-state index contributed by atoms with van der Waals surface area (Å²) in [5, 5.41) is 8.96. The van der Waals surface area contributed by atoms with E-state index in [2.05, 4.69) is 4.98 Å². The van der Waals surface area contributed by atoms with Crippen LogP contribution in [0.2, 0.25) is 0 Å². The van der Waals surface area contributed by atoms with Crippen LogP contribution in [0.25, 0.3) is 10.9 Å². The number of aromatic nitrogens is 2. The van der Waals surface area contributed by atoms with Gasteiger partial charge in [-0.25, -0.2) is 0 Å². The Bertz CT molecular complexity index is 545. The van der Waals surface area contributed by atoms with E-state index in [1.807, 2.05) is 0 Å². The van der Waals surface area contributed by atoms with Crippen LogP contribution in [-0.4, -0.2) is 21.3 Å². The third-order valence-electron chi connectivity index (χ3n) is 2.59. The van der Waals surface area contributed by atoms with E-state index >= 15 is 0 Å². The summed E-state index contributed by atoms with van der Waals surface area (Å²) in [7, 11) is 0. The van der Waals surface area contributed by atoms with Gasteiger partial charge in [-0.15, -0.1) is 0 Å². The number of pyridine rings is 1. The molecular weight excluding hydrogens is 233 g/mol. The molecule has 0 bridgehead atoms. The van der Waals surface area contributed by atoms with E-state index in [1.54, 1.807) is 17.7 Å². The second-order valence-corrected chi connectivity index (χ2v) is 3.78. The monoisotopic (exact) mass is 244 g/mol. The Kier molecular flexibility index (Phi) is 2.82. The quantitative estimate of drug-likeness (QED) is 0.880. The van der Waals surface area contributed by atoms with Crippen LogP contribution in [0.4, 0.5) is 13.2 Å². The maximum Gasteiger partial charge on any atom is 0.434 e. The zero-order chi connectivity index (χ0) is 12.6. The Morgan fingerprint density at radius 2 is 2.12 bits per heavy atom. The summed E-state index contributed by atoms with van der Waals surface area (Å²) in [4.78, 5) is 3.41. The van der Waals surface area contributed by atoms with E-state index < -0.39 is 11.9 Å². The van der Waals surface area contributed by atoms with E-state index in [1.165, 1.54) is 6.07 Å². The summed E-state index contributed by atoms with van der Waals surface area (Å²) in [5.74, 6) is 0. The van der Waals surface area contributed by atoms with Crippen LogP contribution in [0.15, 0.2) is 18.5 Å². The third kappa shape index (κ3) is 2.00. The van der Waals surface area contributed by atoms with Gasteiger partial charge in [0, 0.05) is 24.3 Å². The summed E-state index contributed by atoms with van der Waals surface area (Å²) in [5.41, 5.74) is 0.0805. The van der Waals surface area contributed by atoms with E-state index in [4.69, 9.17) is 5.11 Å². The van der Waals surface area contributed by atoms with E-state index in [-0.39, 0.29) is 18.5 Å². The molecule has 0 amide bonds. The van der Waals surface area contributed by atoms with Crippen LogP contribution in [0.3, 0.4) is 0 Å². The lowest BCUT2D eigenvalue weighted by Crippen LogP contribution is -2.09. The fourth-order valence-corrected chi connectivity index (χ4v) is 1.96. The molecule has 0 saturated carbocycles. The number of halogens is 3. The smallest absolute Gasteiger partial charge is 0.395 e. The van der Waals surface area contributed by atoms with Gasteiger partial charge in [0.05, 0.1) is 12.1 Å². The number of hydrogen-bond acceptors (Lipinski definition) is 2. The molecule has 0 aliphatic carbocycles. The summed E-state index contributed by atoms with van der Waals surface area (Å²) in [6.45, 7) is 1.76. The SMILES string of the molecule is Cc1cn(CCO)c2ccnc(C(F)(F)F)c12. The van der Waals surface area contributed by atoms with Gasteiger partial charge in [0.1, 0.15) is 0 Å². The number of aliphatic hydroxyl groups excluding tert-OH is 1. The maximum atomic E-state index is 12.8. The molecule has 17 heavy (non-hydrogen) atoms. The predicted molar refractivity (Wildman–Crippen MR) is 56.6 cm³/mol. The third-order valence-corrected chi connectivity index (χ3v) is 2.59. The zero-order valence-electron chi connectivity index (χ0n) is 9.12. The molecular formula is C11H11F3N2O. The standard InChI is InChI=1S/C11H11F3N2O/c1-7-6-16(4-5-17)8-2-3-15-10(9(7)8)11(12,13)14/h2-3,6,17H,4-5H2,1H3. The number of rotatable bonds is 2. The molecule has 2 rings (SSSR count). The molecule has 92 valence electrons. The average molecular weight is 244 g/mol. The van der Waals surface area contributed by atoms with Crippen LogP contribution < -0.4 is 0 Å². The van der Waals surface area contributed by atoms with Crippen LogP contribution in [0.1, 0.15) is 11.3 Å². The van der Waals surface area contributed by atoms with Crippen molar-refractivity contribution < 1.29 is 18.3 Å². The lowest BCUT2D eigenvalue weighted by molar-refractivity contribution is -0.139. The molecule has 1 N–H and O–H groups in total. The molecule has 2 aromatic heterocycles. The minimum Gasteiger partial charge on any atom is -0.395 e. The molecule has 0 aliphatic heterocycles. The summed E-state index contributed by atoms with van der Waals surface area (Å²) >= 11 is 0. The second-order valence-electron chi connectivity index (χ2n) is 3.78. The molecule has 0 unspecified atom stereocenters. The number of fused-ring (bicyclic) bond motifs is 1. The Morgan fingerprint density at radius 3 is 2.71 bits per heavy atom. The number of hydrogen-bond donors (Lipinski definition) is 1. The first-order valence-corrected chi connectivity index (χ1v) is 5.07. The van der Waals surface area contributed by atoms with Gasteiger partial charge < -0.3 is 9.67 Å². The Hall–Kier alpha value is -1.56. The Balaban J connectivity index is 2.73. The molecule has 0 aromatic carbocycles. The van der Waals surface area contributed by atoms with Crippen molar-refractivity contribution in [2.45, 2.75) is 19.6 Å². The lowest BCUT2D eigenvalue weighted by Gasteiger charge is -2.08. The van der Waals surface area contributed by atoms with Crippen LogP contribution in [0.5, 0.6) is 0 Å². The predicted octanol–water partition coefficient (Wildman–Crippen LogP) is 2.36. The summed E-state index contributed by atoms with van der Waals surface area (Å²) in [6.07, 6.45) is -1.73. The molecule has 2 aromatic rings. The number of aryl methyl sites for hydroxylation is 1. The van der Waals surface area contributed by atoms with Crippen molar-refractivity contribution in [3.05, 3.63) is 29.7 Å². The average Bonchev–Trinajstić information content (AvgIpc) is 2.55. The largest absolute Gasteiger partial charge is 0.434 e. The van der Waals surface area contributed by atoms with Gasteiger partial charge in [-0.1, -0.05) is 0 Å². The molecule has 0 spiro atoms. The van der Waals surface area contributed by atoms with Crippen molar-refractivity contribution in [2.75, 3.05) is 6.61 Å². The summed E-state index contributed by atoms with van der Waals surface area (Å²) in [6, 6.07) is 1.52. The van der Waals surface area contributed by atoms with Crippen molar-refractivity contribution in [1.29, 1.82) is 0 Å². The highest BCUT2D eigenvalue weighted by molar-refractivity contribution is 5.86. The molecule has 0 radical (unpaired) electrons. The molecule has 0 atom stereocenters. The van der Waals surface area contributed by atoms with Gasteiger partial charge >= 0.3 is 6.18 Å². The van der Waals surface area contributed by atoms with E-state index in [0.717, 1.165) is 6.20 Å². The fourth-order valence-electron chi connectivity index (χ4n) is 1.96. The Morgan fingerprint density at radius 1 is 1.41 bits per heavy atom. The number of alkyl halides is 3. The van der Waals surface area contributed by atoms with Gasteiger partial charge in [-0.3, -0.25) is 4.98 Å². The molecule has 3 nitrogen and oxygen atoms in total. The van der Waals surface area contributed by atoms with Gasteiger partial charge in [0.2, 0.25) is 0 Å². The van der Waals surface area contributed by atoms with Gasteiger partial charge in [0.25, 0.3) is 0 Å². The maximum absolute atomic E-state index is 12.8. The summed E-state index contributed by atoms with van der Waals surface area (Å²) < 4.78 is 39.9. The van der Waals surface area contributed by atoms with E-state index in [0.29, 0.717) is 11.1 Å². The number of aliphatic hydroxyl groups is 1. The van der Waals surface area contributed by atoms with Crippen LogP contribution in [-0.2, 0) is 12.7 Å². The normalized spacial score (nSPS) is 12.3. The highest BCUT2D eigenvalue weighted by Gasteiger charge is 2.35. The molecule has 0 fully saturated rings. The first kappa shape index (κ1) is 11.9. The minimum atomic E-state index is -4.46. The van der Waals surface area contributed by atoms with Gasteiger partial charge in [-0.2, -0.15) is 13.2 Å². The van der Waals surface area contributed by atoms with Crippen molar-refractivity contribution in [3.63, 3.8) is 0 Å². The minimum absolute atomic E-state index is 0.105. The van der Waals surface area contributed by atoms with Crippen LogP contribution >= 0.6 is 0 Å². The van der Waals surface area contributed by atoms with Crippen molar-refractivity contribution in [2.24, 2.45) is 0 Å². The molecule has 6 heteroatoms. The van der Waals surface area contributed by atoms with Crippen molar-refractivity contribution in [1.82, 2.24) is 9.55 Å².